The van der Waals surface area contributed by atoms with Crippen molar-refractivity contribution in [1.29, 1.82) is 0 Å². The molecule has 2 aliphatic rings. The zero-order valence-electron chi connectivity index (χ0n) is 26.6. The summed E-state index contributed by atoms with van der Waals surface area (Å²) in [6.45, 7) is 8.96. The number of nitrogens with one attached hydrogen (secondary N) is 2. The first-order valence-electron chi connectivity index (χ1n) is 15.2. The molecule has 242 valence electrons. The Morgan fingerprint density at radius 3 is 2.46 bits per heavy atom. The highest BCUT2D eigenvalue weighted by atomic mass is 79.9. The largest absolute Gasteiger partial charge is 0.494 e. The lowest BCUT2D eigenvalue weighted by Gasteiger charge is -2.46. The highest BCUT2D eigenvalue weighted by Gasteiger charge is 2.38. The quantitative estimate of drug-likeness (QED) is 0.172. The number of fused-ring (bicyclic) bond motifs is 1. The second kappa shape index (κ2) is 13.1. The first kappa shape index (κ1) is 32.2. The van der Waals surface area contributed by atoms with Gasteiger partial charge in [0.25, 0.3) is 0 Å². The second-order valence-electron chi connectivity index (χ2n) is 12.1. The maximum atomic E-state index is 13.4. The summed E-state index contributed by atoms with van der Waals surface area (Å²) in [5.41, 5.74) is 4.90. The molecule has 2 aromatic carbocycles. The van der Waals surface area contributed by atoms with Crippen molar-refractivity contribution < 1.29 is 18.8 Å². The van der Waals surface area contributed by atoms with Gasteiger partial charge in [0.1, 0.15) is 24.2 Å². The zero-order chi connectivity index (χ0) is 32.6. The molecule has 0 bridgehead atoms. The van der Waals surface area contributed by atoms with Crippen LogP contribution in [-0.2, 0) is 14.1 Å². The number of ether oxygens (including phenoxy) is 2. The zero-order valence-corrected chi connectivity index (χ0v) is 29.1. The minimum absolute atomic E-state index is 0.00784. The molecule has 0 unspecified atom stereocenters. The van der Waals surface area contributed by atoms with Crippen molar-refractivity contribution in [1.82, 2.24) is 24.8 Å². The van der Waals surface area contributed by atoms with Gasteiger partial charge in [-0.1, -0.05) is 0 Å². The smallest absolute Gasteiger partial charge is 0.311 e. The fraction of sp³-hybridized carbons (Fsp3) is 0.406. The number of aromatic nitrogens is 4. The lowest BCUT2D eigenvalue weighted by atomic mass is 9.93. The maximum absolute atomic E-state index is 13.4. The van der Waals surface area contributed by atoms with Crippen LogP contribution in [0.15, 0.2) is 47.3 Å². The predicted octanol–water partition coefficient (Wildman–Crippen LogP) is 5.31. The fourth-order valence-electron chi connectivity index (χ4n) is 6.31. The van der Waals surface area contributed by atoms with E-state index in [-0.39, 0.29) is 11.9 Å². The molecule has 6 rings (SSSR count). The number of methoxy groups -OCH3 is 2. The molecule has 0 spiro atoms. The van der Waals surface area contributed by atoms with Crippen molar-refractivity contribution in [3.8, 4) is 5.75 Å². The SMILES string of the molecule is COC(=O)C1CN(C2CCN(c3cc(OC)c(Nc4ncc(Br)c(Nc5ccc6nccnc6c5P(C)(C)=O)n4)cc3C)CC2)C1. The Balaban J connectivity index is 1.18. The number of halogens is 1. The molecule has 4 heterocycles. The summed E-state index contributed by atoms with van der Waals surface area (Å²) in [7, 11) is 0.364. The molecule has 4 aromatic rings. The number of carbonyl (C=O) groups excluding carboxylic acids is 1. The average molecular weight is 710 g/mol. The van der Waals surface area contributed by atoms with Crippen molar-refractivity contribution in [3.63, 3.8) is 0 Å². The van der Waals surface area contributed by atoms with E-state index >= 15 is 0 Å². The molecule has 0 saturated carbocycles. The van der Waals surface area contributed by atoms with E-state index in [1.54, 1.807) is 39.0 Å². The van der Waals surface area contributed by atoms with Gasteiger partial charge in [0, 0.05) is 62.6 Å². The van der Waals surface area contributed by atoms with E-state index in [0.29, 0.717) is 50.1 Å². The molecule has 2 N–H and O–H groups in total. The van der Waals surface area contributed by atoms with Crippen molar-refractivity contribution in [2.24, 2.45) is 5.92 Å². The number of benzene rings is 2. The van der Waals surface area contributed by atoms with E-state index in [2.05, 4.69) is 70.4 Å². The molecule has 2 aliphatic heterocycles. The molecular formula is C32H38BrN8O4P. The van der Waals surface area contributed by atoms with Gasteiger partial charge in [0.05, 0.1) is 46.8 Å². The number of aryl methyl sites for hydroxylation is 1. The lowest BCUT2D eigenvalue weighted by molar-refractivity contribution is -0.152. The third kappa shape index (κ3) is 6.54. The second-order valence-corrected chi connectivity index (χ2v) is 16.1. The van der Waals surface area contributed by atoms with Crippen LogP contribution < -0.4 is 25.6 Å². The Morgan fingerprint density at radius 2 is 1.76 bits per heavy atom. The number of nitrogens with zero attached hydrogens (tertiary/aromatic N) is 6. The van der Waals surface area contributed by atoms with Crippen LogP contribution in [0.5, 0.6) is 5.75 Å². The monoisotopic (exact) mass is 708 g/mol. The summed E-state index contributed by atoms with van der Waals surface area (Å²) < 4.78 is 24.7. The third-order valence-corrected chi connectivity index (χ3v) is 10.8. The Bertz CT molecular complexity index is 1820. The van der Waals surface area contributed by atoms with Gasteiger partial charge in [-0.05, 0) is 72.8 Å². The van der Waals surface area contributed by atoms with Crippen molar-refractivity contribution in [2.75, 3.05) is 69.3 Å². The van der Waals surface area contributed by atoms with E-state index in [4.69, 9.17) is 14.5 Å². The number of rotatable bonds is 9. The summed E-state index contributed by atoms with van der Waals surface area (Å²) in [4.78, 5) is 34.7. The number of esters is 1. The first-order chi connectivity index (χ1) is 22.0. The Hall–Kier alpha value is -3.80. The Labute approximate surface area is 276 Å². The van der Waals surface area contributed by atoms with Gasteiger partial charge in [-0.25, -0.2) is 4.98 Å². The minimum atomic E-state index is -2.75. The summed E-state index contributed by atoms with van der Waals surface area (Å²) in [6.07, 6.45) is 6.97. The minimum Gasteiger partial charge on any atom is -0.494 e. The number of hydrogen-bond acceptors (Lipinski definition) is 12. The molecule has 0 aliphatic carbocycles. The lowest BCUT2D eigenvalue weighted by Crippen LogP contribution is -2.57. The number of carbonyl (C=O) groups is 1. The van der Waals surface area contributed by atoms with Crippen LogP contribution in [0, 0.1) is 12.8 Å². The number of anilines is 5. The van der Waals surface area contributed by atoms with Crippen molar-refractivity contribution in [2.45, 2.75) is 25.8 Å². The highest BCUT2D eigenvalue weighted by molar-refractivity contribution is 9.10. The van der Waals surface area contributed by atoms with Gasteiger partial charge < -0.3 is 29.6 Å². The van der Waals surface area contributed by atoms with Crippen LogP contribution >= 0.6 is 23.1 Å². The van der Waals surface area contributed by atoms with E-state index in [0.717, 1.165) is 56.0 Å². The van der Waals surface area contributed by atoms with Gasteiger partial charge >= 0.3 is 5.97 Å². The van der Waals surface area contributed by atoms with E-state index in [1.165, 1.54) is 7.11 Å². The van der Waals surface area contributed by atoms with Crippen LogP contribution in [0.2, 0.25) is 0 Å². The van der Waals surface area contributed by atoms with Crippen LogP contribution in [0.1, 0.15) is 18.4 Å². The van der Waals surface area contributed by atoms with Crippen LogP contribution in [-0.4, -0.2) is 90.6 Å². The maximum Gasteiger partial charge on any atom is 0.311 e. The standard InChI is InChI=1S/C32H38BrN8O4P/c1-19-14-25(27(44-2)15-26(19)40-12-8-21(9-13-40)41-17-20(18-41)31(42)45-3)38-32-36-16-22(33)30(39-32)37-24-7-6-23-28(35-11-10-34-23)29(24)46(4,5)43/h6-7,10-11,14-16,20-21H,8-9,12-13,17-18H2,1-5H3,(H2,36,37,38,39). The molecule has 0 amide bonds. The summed E-state index contributed by atoms with van der Waals surface area (Å²) in [6, 6.07) is 8.30. The first-order valence-corrected chi connectivity index (χ1v) is 18.6. The summed E-state index contributed by atoms with van der Waals surface area (Å²) in [5, 5.41) is 7.29. The van der Waals surface area contributed by atoms with Crippen molar-refractivity contribution >= 4 is 74.2 Å². The molecule has 0 radical (unpaired) electrons. The van der Waals surface area contributed by atoms with Gasteiger partial charge in [-0.3, -0.25) is 19.7 Å². The van der Waals surface area contributed by atoms with Crippen LogP contribution in [0.4, 0.5) is 28.8 Å². The molecular weight excluding hydrogens is 671 g/mol. The van der Waals surface area contributed by atoms with Gasteiger partial charge in [0.2, 0.25) is 5.95 Å². The predicted molar refractivity (Wildman–Crippen MR) is 185 cm³/mol. The molecule has 46 heavy (non-hydrogen) atoms. The van der Waals surface area contributed by atoms with Crippen LogP contribution in [0.25, 0.3) is 11.0 Å². The van der Waals surface area contributed by atoms with Crippen LogP contribution in [0.3, 0.4) is 0 Å². The molecule has 2 saturated heterocycles. The topological polar surface area (TPSA) is 135 Å². The normalized spacial score (nSPS) is 16.3. The molecule has 12 nitrogen and oxygen atoms in total. The molecule has 0 atom stereocenters. The Kier molecular flexibility index (Phi) is 9.18. The molecule has 2 fully saturated rings. The highest BCUT2D eigenvalue weighted by Crippen LogP contribution is 2.42. The van der Waals surface area contributed by atoms with Gasteiger partial charge in [-0.15, -0.1) is 0 Å². The molecule has 2 aromatic heterocycles. The summed E-state index contributed by atoms with van der Waals surface area (Å²) in [5.74, 6) is 1.46. The number of hydrogen-bond donors (Lipinski definition) is 2. The van der Waals surface area contributed by atoms with Crippen molar-refractivity contribution in [3.05, 3.63) is 52.9 Å². The summed E-state index contributed by atoms with van der Waals surface area (Å²) >= 11 is 3.56. The van der Waals surface area contributed by atoms with E-state index in [1.807, 2.05) is 12.1 Å². The number of likely N-dealkylation sites (tertiary alicyclic amines) is 1. The molecule has 14 heteroatoms. The van der Waals surface area contributed by atoms with E-state index < -0.39 is 7.14 Å². The third-order valence-electron chi connectivity index (χ3n) is 8.68. The fourth-order valence-corrected chi connectivity index (χ4v) is 8.00. The Morgan fingerprint density at radius 1 is 1.02 bits per heavy atom. The average Bonchev–Trinajstić information content (AvgIpc) is 3.01. The van der Waals surface area contributed by atoms with Gasteiger partial charge in [-0.2, -0.15) is 4.98 Å². The van der Waals surface area contributed by atoms with Gasteiger partial charge in [0.15, 0.2) is 0 Å². The number of piperidine rings is 1. The van der Waals surface area contributed by atoms with E-state index in [9.17, 15) is 9.36 Å².